The van der Waals surface area contributed by atoms with Crippen molar-refractivity contribution in [2.45, 2.75) is 16.1 Å². The number of Topliss-reactive ketones (excluding diaryl/α,β-unsaturated/α-hetero) is 1. The minimum absolute atomic E-state index is 0.0585. The molecule has 2 heterocycles. The fourth-order valence-corrected chi connectivity index (χ4v) is 6.88. The Kier molecular flexibility index (Phi) is 7.80. The highest BCUT2D eigenvalue weighted by molar-refractivity contribution is 8.00. The smallest absolute Gasteiger partial charge is 0.301 e. The van der Waals surface area contributed by atoms with Crippen LogP contribution in [0.1, 0.15) is 22.7 Å². The second-order valence-corrected chi connectivity index (χ2v) is 11.8. The summed E-state index contributed by atoms with van der Waals surface area (Å²) in [6, 6.07) is 21.7. The highest BCUT2D eigenvalue weighted by Crippen LogP contribution is 2.44. The first-order valence-corrected chi connectivity index (χ1v) is 14.9. The molecule has 44 heavy (non-hydrogen) atoms. The molecule has 220 valence electrons. The third-order valence-corrected chi connectivity index (χ3v) is 9.23. The minimum atomic E-state index is -1.22. The standard InChI is InChI=1S/C31H21FN4O6S2/c1-42-24-14-11-19(15-23(24)32)27(37)25-26(18-9-12-21(13-10-18)36(40)41)35(29(39)28(25)38)30-33-34-31(44-30)43-16-20-7-4-6-17-5-2-3-8-22(17)20/h2-15,26,37H,16H2,1H3/t26-/m1/s1. The van der Waals surface area contributed by atoms with Crippen LogP contribution in [0.3, 0.4) is 0 Å². The van der Waals surface area contributed by atoms with Crippen molar-refractivity contribution in [3.63, 3.8) is 0 Å². The predicted octanol–water partition coefficient (Wildman–Crippen LogP) is 6.67. The maximum atomic E-state index is 14.5. The summed E-state index contributed by atoms with van der Waals surface area (Å²) in [5, 5.41) is 33.3. The SMILES string of the molecule is COc1ccc(C(O)=C2C(=O)C(=O)N(c3nnc(SCc4cccc5ccccc45)s3)[C@@H]2c2ccc([N+](=O)[O-])cc2)cc1F. The van der Waals surface area contributed by atoms with Gasteiger partial charge in [-0.1, -0.05) is 65.6 Å². The van der Waals surface area contributed by atoms with Crippen molar-refractivity contribution in [2.75, 3.05) is 12.0 Å². The predicted molar refractivity (Wildman–Crippen MR) is 164 cm³/mol. The Balaban J connectivity index is 1.39. The molecule has 0 bridgehead atoms. The summed E-state index contributed by atoms with van der Waals surface area (Å²) in [7, 11) is 1.29. The van der Waals surface area contributed by atoms with Crippen molar-refractivity contribution < 1.29 is 28.7 Å². The van der Waals surface area contributed by atoms with Crippen molar-refractivity contribution in [3.05, 3.63) is 123 Å². The average molecular weight is 629 g/mol. The average Bonchev–Trinajstić information content (AvgIpc) is 3.61. The molecule has 1 aliphatic heterocycles. The van der Waals surface area contributed by atoms with Crippen molar-refractivity contribution in [1.82, 2.24) is 10.2 Å². The summed E-state index contributed by atoms with van der Waals surface area (Å²) in [5.74, 6) is -2.91. The van der Waals surface area contributed by atoms with E-state index in [1.54, 1.807) is 0 Å². The summed E-state index contributed by atoms with van der Waals surface area (Å²) >= 11 is 2.50. The number of hydrogen-bond acceptors (Lipinski definition) is 10. The van der Waals surface area contributed by atoms with Gasteiger partial charge in [0, 0.05) is 23.4 Å². The number of carbonyl (C=O) groups excluding carboxylic acids is 2. The summed E-state index contributed by atoms with van der Waals surface area (Å²) in [4.78, 5) is 38.7. The van der Waals surface area contributed by atoms with Gasteiger partial charge in [-0.3, -0.25) is 24.6 Å². The molecule has 1 atom stereocenters. The lowest BCUT2D eigenvalue weighted by Gasteiger charge is -2.22. The summed E-state index contributed by atoms with van der Waals surface area (Å²) in [6.45, 7) is 0. The van der Waals surface area contributed by atoms with Gasteiger partial charge in [0.05, 0.1) is 23.6 Å². The molecule has 0 radical (unpaired) electrons. The second kappa shape index (κ2) is 11.9. The number of non-ortho nitro benzene ring substituents is 1. The first-order valence-electron chi connectivity index (χ1n) is 13.1. The lowest BCUT2D eigenvalue weighted by Crippen LogP contribution is -2.29. The number of aliphatic hydroxyl groups excluding tert-OH is 1. The van der Waals surface area contributed by atoms with Crippen LogP contribution in [-0.4, -0.2) is 39.0 Å². The summed E-state index contributed by atoms with van der Waals surface area (Å²) in [6.07, 6.45) is 0. The van der Waals surface area contributed by atoms with Gasteiger partial charge in [0.1, 0.15) is 5.76 Å². The van der Waals surface area contributed by atoms with Crippen LogP contribution in [0.2, 0.25) is 0 Å². The molecule has 10 nitrogen and oxygen atoms in total. The van der Waals surface area contributed by atoms with E-state index in [-0.39, 0.29) is 27.7 Å². The molecule has 1 N–H and O–H groups in total. The van der Waals surface area contributed by atoms with Crippen LogP contribution < -0.4 is 9.64 Å². The Morgan fingerprint density at radius 1 is 1.07 bits per heavy atom. The van der Waals surface area contributed by atoms with Crippen LogP contribution in [0.15, 0.2) is 94.8 Å². The quantitative estimate of drug-likeness (QED) is 0.0380. The molecular formula is C31H21FN4O6S2. The third-order valence-electron chi connectivity index (χ3n) is 7.12. The van der Waals surface area contributed by atoms with Gasteiger partial charge in [0.2, 0.25) is 5.13 Å². The molecule has 0 unspecified atom stereocenters. The molecule has 4 aromatic carbocycles. The molecule has 1 amide bonds. The van der Waals surface area contributed by atoms with Gasteiger partial charge in [-0.15, -0.1) is 10.2 Å². The molecule has 5 aromatic rings. The number of halogens is 1. The van der Waals surface area contributed by atoms with Crippen LogP contribution in [0.25, 0.3) is 16.5 Å². The number of ketones is 1. The summed E-state index contributed by atoms with van der Waals surface area (Å²) < 4.78 is 20.0. The highest BCUT2D eigenvalue weighted by atomic mass is 32.2. The van der Waals surface area contributed by atoms with E-state index in [0.29, 0.717) is 15.7 Å². The molecule has 1 fully saturated rings. The lowest BCUT2D eigenvalue weighted by atomic mass is 9.95. The van der Waals surface area contributed by atoms with E-state index in [4.69, 9.17) is 4.74 Å². The first kappa shape index (κ1) is 29.0. The molecular weight excluding hydrogens is 607 g/mol. The van der Waals surface area contributed by atoms with Crippen LogP contribution in [0.4, 0.5) is 15.2 Å². The number of carbonyl (C=O) groups is 2. The molecule has 13 heteroatoms. The number of nitrogens with zero attached hydrogens (tertiary/aromatic N) is 4. The number of rotatable bonds is 8. The fourth-order valence-electron chi connectivity index (χ4n) is 5.01. The molecule has 0 spiro atoms. The zero-order valence-electron chi connectivity index (χ0n) is 22.8. The monoisotopic (exact) mass is 628 g/mol. The maximum Gasteiger partial charge on any atom is 0.301 e. The normalized spacial score (nSPS) is 16.0. The number of nitro groups is 1. The largest absolute Gasteiger partial charge is 0.507 e. The molecule has 6 rings (SSSR count). The molecule has 1 aromatic heterocycles. The zero-order chi connectivity index (χ0) is 31.0. The topological polar surface area (TPSA) is 136 Å². The van der Waals surface area contributed by atoms with E-state index in [0.717, 1.165) is 38.6 Å². The Morgan fingerprint density at radius 2 is 1.82 bits per heavy atom. The van der Waals surface area contributed by atoms with Crippen LogP contribution in [0.5, 0.6) is 5.75 Å². The number of amides is 1. The van der Waals surface area contributed by atoms with E-state index >= 15 is 0 Å². The highest BCUT2D eigenvalue weighted by Gasteiger charge is 2.48. The third kappa shape index (κ3) is 5.27. The van der Waals surface area contributed by atoms with Gasteiger partial charge in [-0.2, -0.15) is 0 Å². The molecule has 0 aliphatic carbocycles. The number of aromatic nitrogens is 2. The van der Waals surface area contributed by atoms with E-state index in [1.165, 1.54) is 55.3 Å². The van der Waals surface area contributed by atoms with Crippen molar-refractivity contribution in [1.29, 1.82) is 0 Å². The zero-order valence-corrected chi connectivity index (χ0v) is 24.5. The van der Waals surface area contributed by atoms with Gasteiger partial charge < -0.3 is 9.84 Å². The molecule has 0 saturated carbocycles. The first-order chi connectivity index (χ1) is 21.3. The van der Waals surface area contributed by atoms with Gasteiger partial charge in [-0.25, -0.2) is 4.39 Å². The Labute approximate surface area is 257 Å². The second-order valence-electron chi connectivity index (χ2n) is 9.64. The van der Waals surface area contributed by atoms with Crippen molar-refractivity contribution >= 4 is 62.1 Å². The lowest BCUT2D eigenvalue weighted by molar-refractivity contribution is -0.384. The number of aliphatic hydroxyl groups is 1. The van der Waals surface area contributed by atoms with E-state index in [9.17, 15) is 29.2 Å². The van der Waals surface area contributed by atoms with E-state index in [2.05, 4.69) is 10.2 Å². The summed E-state index contributed by atoms with van der Waals surface area (Å²) in [5.41, 5.74) is 0.796. The van der Waals surface area contributed by atoms with Gasteiger partial charge in [-0.05, 0) is 52.2 Å². The van der Waals surface area contributed by atoms with Gasteiger partial charge >= 0.3 is 5.91 Å². The maximum absolute atomic E-state index is 14.5. The number of hydrogen-bond donors (Lipinski definition) is 1. The van der Waals surface area contributed by atoms with Crippen molar-refractivity contribution in [3.8, 4) is 5.75 Å². The van der Waals surface area contributed by atoms with Gasteiger partial charge in [0.25, 0.3) is 11.5 Å². The van der Waals surface area contributed by atoms with Crippen LogP contribution in [0, 0.1) is 15.9 Å². The fraction of sp³-hybridized carbons (Fsp3) is 0.0968. The number of ether oxygens (including phenoxy) is 1. The van der Waals surface area contributed by atoms with E-state index in [1.807, 2.05) is 42.5 Å². The number of anilines is 1. The Morgan fingerprint density at radius 3 is 2.55 bits per heavy atom. The number of benzene rings is 4. The Hall–Kier alpha value is -5.14. The Bertz CT molecular complexity index is 1970. The van der Waals surface area contributed by atoms with Crippen LogP contribution >= 0.6 is 23.1 Å². The van der Waals surface area contributed by atoms with Gasteiger partial charge in [0.15, 0.2) is 15.9 Å². The number of thioether (sulfide) groups is 1. The van der Waals surface area contributed by atoms with Crippen LogP contribution in [-0.2, 0) is 15.3 Å². The molecule has 1 saturated heterocycles. The number of nitro benzene ring substituents is 1. The number of methoxy groups -OCH3 is 1. The minimum Gasteiger partial charge on any atom is -0.507 e. The van der Waals surface area contributed by atoms with Crippen molar-refractivity contribution in [2.24, 2.45) is 0 Å². The molecule has 1 aliphatic rings. The number of fused-ring (bicyclic) bond motifs is 1. The van der Waals surface area contributed by atoms with E-state index < -0.39 is 34.2 Å².